The molecule has 2 N–H and O–H groups in total. The van der Waals surface area contributed by atoms with E-state index in [1.807, 2.05) is 0 Å². The van der Waals surface area contributed by atoms with Crippen LogP contribution in [0, 0.1) is 5.82 Å². The van der Waals surface area contributed by atoms with Crippen LogP contribution >= 0.6 is 11.6 Å². The fraction of sp³-hybridized carbons (Fsp3) is 0.321. The van der Waals surface area contributed by atoms with Crippen molar-refractivity contribution in [2.75, 3.05) is 4.90 Å². The van der Waals surface area contributed by atoms with E-state index >= 15 is 4.39 Å². The number of amides is 2. The van der Waals surface area contributed by atoms with Crippen LogP contribution in [0.4, 0.5) is 20.7 Å². The number of rotatable bonds is 4. The molecule has 12 heteroatoms. The maximum absolute atomic E-state index is 15.5. The normalized spacial score (nSPS) is 15.6. The van der Waals surface area contributed by atoms with Crippen LogP contribution in [0.1, 0.15) is 44.9 Å². The summed E-state index contributed by atoms with van der Waals surface area (Å²) in [5, 5.41) is 14.4. The molecule has 1 spiro atoms. The van der Waals surface area contributed by atoms with Gasteiger partial charge in [0.05, 0.1) is 39.9 Å². The molecule has 0 radical (unpaired) electrons. The van der Waals surface area contributed by atoms with Crippen molar-refractivity contribution < 1.29 is 18.7 Å². The minimum Gasteiger partial charge on any atom is -0.444 e. The number of halogens is 2. The summed E-state index contributed by atoms with van der Waals surface area (Å²) in [6.45, 7) is 5.26. The molecule has 1 aliphatic heterocycles. The Hall–Kier alpha value is -4.25. The molecule has 2 aromatic heterocycles. The number of H-pyrrole nitrogens is 1. The van der Waals surface area contributed by atoms with Crippen molar-refractivity contribution in [1.82, 2.24) is 25.3 Å². The Morgan fingerprint density at radius 2 is 1.95 bits per heavy atom. The van der Waals surface area contributed by atoms with Crippen LogP contribution in [-0.4, -0.2) is 37.6 Å². The molecule has 0 unspecified atom stereocenters. The SMILES string of the molecule is Cn1ncc(-c2ccc3c(=O)[nH]nc(CNC(=O)OC(C)(C)C)c3c2)c1N1C(=O)C2(CC2)c2ccc(Cl)c(F)c21. The number of ether oxygens (including phenoxy) is 1. The van der Waals surface area contributed by atoms with Crippen LogP contribution in [0.3, 0.4) is 0 Å². The Labute approximate surface area is 233 Å². The average molecular weight is 565 g/mol. The van der Waals surface area contributed by atoms with Gasteiger partial charge >= 0.3 is 6.09 Å². The Kier molecular flexibility index (Phi) is 5.77. The maximum Gasteiger partial charge on any atom is 0.407 e. The number of hydrogen-bond acceptors (Lipinski definition) is 6. The van der Waals surface area contributed by atoms with E-state index in [9.17, 15) is 14.4 Å². The lowest BCUT2D eigenvalue weighted by Crippen LogP contribution is -2.32. The number of carbonyl (C=O) groups excluding carboxylic acids is 2. The van der Waals surface area contributed by atoms with E-state index in [4.69, 9.17) is 16.3 Å². The molecule has 2 aliphatic rings. The highest BCUT2D eigenvalue weighted by Crippen LogP contribution is 2.60. The summed E-state index contributed by atoms with van der Waals surface area (Å²) in [4.78, 5) is 39.9. The van der Waals surface area contributed by atoms with E-state index in [1.54, 1.807) is 58.3 Å². The number of alkyl carbamates (subject to hydrolysis) is 1. The molecule has 40 heavy (non-hydrogen) atoms. The van der Waals surface area contributed by atoms with Crippen LogP contribution in [0.15, 0.2) is 41.3 Å². The van der Waals surface area contributed by atoms with Gasteiger partial charge in [-0.1, -0.05) is 23.7 Å². The zero-order valence-corrected chi connectivity index (χ0v) is 23.0. The van der Waals surface area contributed by atoms with E-state index in [1.165, 1.54) is 15.6 Å². The molecule has 1 saturated carbocycles. The van der Waals surface area contributed by atoms with Crippen molar-refractivity contribution >= 4 is 45.9 Å². The second-order valence-corrected chi connectivity index (χ2v) is 11.5. The first-order valence-corrected chi connectivity index (χ1v) is 13.1. The summed E-state index contributed by atoms with van der Waals surface area (Å²) in [5.74, 6) is -0.510. The number of hydrogen-bond donors (Lipinski definition) is 2. The van der Waals surface area contributed by atoms with E-state index in [2.05, 4.69) is 20.6 Å². The van der Waals surface area contributed by atoms with Crippen LogP contribution in [0.5, 0.6) is 0 Å². The van der Waals surface area contributed by atoms with Gasteiger partial charge in [-0.2, -0.15) is 10.2 Å². The number of carbonyl (C=O) groups is 2. The van der Waals surface area contributed by atoms with Crippen molar-refractivity contribution in [3.63, 3.8) is 0 Å². The molecular weight excluding hydrogens is 539 g/mol. The molecule has 206 valence electrons. The van der Waals surface area contributed by atoms with E-state index in [0.29, 0.717) is 51.8 Å². The largest absolute Gasteiger partial charge is 0.444 e. The van der Waals surface area contributed by atoms with Gasteiger partial charge in [0.15, 0.2) is 5.82 Å². The first-order chi connectivity index (χ1) is 18.9. The van der Waals surface area contributed by atoms with Gasteiger partial charge in [0, 0.05) is 18.0 Å². The Morgan fingerprint density at radius 3 is 2.65 bits per heavy atom. The van der Waals surface area contributed by atoms with Crippen molar-refractivity contribution in [3.05, 3.63) is 69.0 Å². The first kappa shape index (κ1) is 26.0. The molecule has 2 aromatic carbocycles. The quantitative estimate of drug-likeness (QED) is 0.365. The van der Waals surface area contributed by atoms with Gasteiger partial charge in [-0.3, -0.25) is 19.2 Å². The molecule has 0 saturated heterocycles. The van der Waals surface area contributed by atoms with Crippen LogP contribution in [0.25, 0.3) is 21.9 Å². The summed E-state index contributed by atoms with van der Waals surface area (Å²) >= 11 is 6.15. The lowest BCUT2D eigenvalue weighted by molar-refractivity contribution is -0.119. The number of nitrogens with one attached hydrogen (secondary N) is 2. The highest BCUT2D eigenvalue weighted by Gasteiger charge is 2.61. The first-order valence-electron chi connectivity index (χ1n) is 12.7. The molecule has 6 rings (SSSR count). The van der Waals surface area contributed by atoms with Gasteiger partial charge in [-0.25, -0.2) is 14.3 Å². The standard InChI is InChI=1S/C28H26ClFN6O4/c1-27(2,3)40-26(39)31-13-20-16-11-14(5-6-15(16)23(37)34-33-20)17-12-32-35(4)24(17)36-22-18(7-8-19(29)21(22)30)28(9-10-28)25(36)38/h5-8,11-12H,9-10,13H2,1-4H3,(H,31,39)(H,34,37). The number of aromatic amines is 1. The molecule has 0 bridgehead atoms. The molecule has 0 atom stereocenters. The minimum absolute atomic E-state index is 0.00421. The summed E-state index contributed by atoms with van der Waals surface area (Å²) in [6, 6.07) is 8.31. The third-order valence-electron chi connectivity index (χ3n) is 7.27. The number of nitrogens with zero attached hydrogens (tertiary/aromatic N) is 4. The van der Waals surface area contributed by atoms with Crippen molar-refractivity contribution in [2.45, 2.75) is 51.2 Å². The smallest absolute Gasteiger partial charge is 0.407 e. The zero-order valence-electron chi connectivity index (χ0n) is 22.3. The van der Waals surface area contributed by atoms with E-state index < -0.39 is 28.5 Å². The van der Waals surface area contributed by atoms with Crippen LogP contribution in [-0.2, 0) is 28.5 Å². The van der Waals surface area contributed by atoms with E-state index in [0.717, 1.165) is 0 Å². The van der Waals surface area contributed by atoms with Gasteiger partial charge in [-0.15, -0.1) is 0 Å². The predicted octanol–water partition coefficient (Wildman–Crippen LogP) is 4.85. The number of aryl methyl sites for hydroxylation is 1. The molecule has 3 heterocycles. The lowest BCUT2D eigenvalue weighted by Gasteiger charge is -2.21. The van der Waals surface area contributed by atoms with Gasteiger partial charge in [-0.05, 0) is 62.9 Å². The second kappa shape index (κ2) is 8.88. The van der Waals surface area contributed by atoms with Gasteiger partial charge in [0.25, 0.3) is 5.56 Å². The summed E-state index contributed by atoms with van der Waals surface area (Å²) in [7, 11) is 1.68. The van der Waals surface area contributed by atoms with Crippen molar-refractivity contribution in [1.29, 1.82) is 0 Å². The lowest BCUT2D eigenvalue weighted by atomic mass is 9.98. The van der Waals surface area contributed by atoms with Gasteiger partial charge in [0.1, 0.15) is 11.4 Å². The fourth-order valence-electron chi connectivity index (χ4n) is 5.28. The fourth-order valence-corrected chi connectivity index (χ4v) is 5.43. The monoisotopic (exact) mass is 564 g/mol. The number of aromatic nitrogens is 4. The van der Waals surface area contributed by atoms with Crippen molar-refractivity contribution in [3.8, 4) is 11.1 Å². The average Bonchev–Trinajstić information content (AvgIpc) is 3.56. The summed E-state index contributed by atoms with van der Waals surface area (Å²) in [5.41, 5.74) is 0.501. The highest BCUT2D eigenvalue weighted by molar-refractivity contribution is 6.31. The van der Waals surface area contributed by atoms with Crippen LogP contribution in [0.2, 0.25) is 5.02 Å². The van der Waals surface area contributed by atoms with E-state index in [-0.39, 0.29) is 23.2 Å². The molecule has 2 amide bonds. The topological polar surface area (TPSA) is 122 Å². The third kappa shape index (κ3) is 4.03. The van der Waals surface area contributed by atoms with Crippen molar-refractivity contribution in [2.24, 2.45) is 7.05 Å². The molecule has 1 aliphatic carbocycles. The molecule has 10 nitrogen and oxygen atoms in total. The minimum atomic E-state index is -0.761. The molecular formula is C28H26ClFN6O4. The zero-order chi connectivity index (χ0) is 28.6. The summed E-state index contributed by atoms with van der Waals surface area (Å²) < 4.78 is 22.3. The Morgan fingerprint density at radius 1 is 1.20 bits per heavy atom. The molecule has 4 aromatic rings. The predicted molar refractivity (Wildman–Crippen MR) is 147 cm³/mol. The van der Waals surface area contributed by atoms with Crippen LogP contribution < -0.4 is 15.8 Å². The number of anilines is 2. The molecule has 1 fully saturated rings. The maximum atomic E-state index is 15.5. The highest BCUT2D eigenvalue weighted by atomic mass is 35.5. The second-order valence-electron chi connectivity index (χ2n) is 11.1. The Bertz CT molecular complexity index is 1790. The number of benzene rings is 2. The Balaban J connectivity index is 1.45. The van der Waals surface area contributed by atoms with Gasteiger partial charge < -0.3 is 10.1 Å². The number of fused-ring (bicyclic) bond motifs is 3. The third-order valence-corrected chi connectivity index (χ3v) is 7.56. The summed E-state index contributed by atoms with van der Waals surface area (Å²) in [6.07, 6.45) is 2.22. The van der Waals surface area contributed by atoms with Gasteiger partial charge in [0.2, 0.25) is 5.91 Å².